The molecule has 132 valence electrons. The van der Waals surface area contributed by atoms with Crippen molar-refractivity contribution in [2.75, 3.05) is 7.11 Å². The monoisotopic (exact) mass is 364 g/mol. The van der Waals surface area contributed by atoms with Gasteiger partial charge in [0, 0.05) is 5.02 Å². The second-order valence-corrected chi connectivity index (χ2v) is 5.78. The molecule has 0 fully saturated rings. The molecule has 0 spiro atoms. The number of halogens is 1. The first kappa shape index (κ1) is 18.8. The zero-order valence-electron chi connectivity index (χ0n) is 14.0. The van der Waals surface area contributed by atoms with Crippen molar-refractivity contribution in [1.82, 2.24) is 0 Å². The van der Waals surface area contributed by atoms with Crippen molar-refractivity contribution in [3.63, 3.8) is 0 Å². The number of methoxy groups -OCH3 is 1. The Morgan fingerprint density at radius 1 is 1.12 bits per heavy atom. The van der Waals surface area contributed by atoms with Crippen molar-refractivity contribution in [3.8, 4) is 5.75 Å². The molecule has 1 N–H and O–H groups in total. The summed E-state index contributed by atoms with van der Waals surface area (Å²) in [4.78, 5) is 33.3. The van der Waals surface area contributed by atoms with Gasteiger partial charge in [-0.3, -0.25) is 4.89 Å². The Morgan fingerprint density at radius 3 is 2.48 bits per heavy atom. The van der Waals surface area contributed by atoms with Crippen molar-refractivity contribution in [2.45, 2.75) is 20.5 Å². The van der Waals surface area contributed by atoms with E-state index in [2.05, 4.69) is 0 Å². The Balaban J connectivity index is 2.14. The molecule has 0 unspecified atom stereocenters. The highest BCUT2D eigenvalue weighted by atomic mass is 35.5. The molecule has 0 bridgehead atoms. The highest BCUT2D eigenvalue weighted by Crippen LogP contribution is 2.28. The summed E-state index contributed by atoms with van der Waals surface area (Å²) in [7, 11) is 1.43. The van der Waals surface area contributed by atoms with Crippen LogP contribution in [0.15, 0.2) is 30.3 Å². The van der Waals surface area contributed by atoms with Crippen LogP contribution in [-0.2, 0) is 16.4 Å². The van der Waals surface area contributed by atoms with Crippen LogP contribution in [0.2, 0.25) is 5.02 Å². The van der Waals surface area contributed by atoms with Crippen LogP contribution in [0.1, 0.15) is 37.4 Å². The molecular weight excluding hydrogens is 348 g/mol. The molecular formula is C18H17ClO6. The van der Waals surface area contributed by atoms with E-state index in [0.29, 0.717) is 27.5 Å². The molecule has 6 nitrogen and oxygen atoms in total. The third-order valence-electron chi connectivity index (χ3n) is 3.64. The number of carboxylic acids is 1. The van der Waals surface area contributed by atoms with E-state index >= 15 is 0 Å². The van der Waals surface area contributed by atoms with E-state index in [-0.39, 0.29) is 17.7 Å². The molecule has 0 aromatic heterocycles. The molecule has 0 aliphatic rings. The van der Waals surface area contributed by atoms with Gasteiger partial charge in [0.15, 0.2) is 0 Å². The van der Waals surface area contributed by atoms with Crippen molar-refractivity contribution in [1.29, 1.82) is 0 Å². The summed E-state index contributed by atoms with van der Waals surface area (Å²) in [5.74, 6) is -1.53. The van der Waals surface area contributed by atoms with Crippen LogP contribution in [0.25, 0.3) is 0 Å². The average Bonchev–Trinajstić information content (AvgIpc) is 2.55. The Bertz CT molecular complexity index is 815. The Labute approximate surface area is 149 Å². The largest absolute Gasteiger partial charge is 0.496 e. The van der Waals surface area contributed by atoms with Gasteiger partial charge in [-0.1, -0.05) is 23.7 Å². The second kappa shape index (κ2) is 8.00. The molecule has 0 saturated carbocycles. The molecule has 0 amide bonds. The van der Waals surface area contributed by atoms with Crippen LogP contribution in [0.3, 0.4) is 0 Å². The van der Waals surface area contributed by atoms with Gasteiger partial charge in [-0.25, -0.2) is 9.59 Å². The first-order valence-corrected chi connectivity index (χ1v) is 7.72. The normalized spacial score (nSPS) is 10.4. The van der Waals surface area contributed by atoms with Crippen molar-refractivity contribution in [2.24, 2.45) is 0 Å². The summed E-state index contributed by atoms with van der Waals surface area (Å²) in [5.41, 5.74) is 2.03. The first-order valence-electron chi connectivity index (χ1n) is 7.34. The SMILES string of the molecule is COc1c(C)cc(Cl)cc1C(=O)OOCc1c(C)cccc1C(=O)O. The predicted molar refractivity (Wildman–Crippen MR) is 91.1 cm³/mol. The van der Waals surface area contributed by atoms with Crippen LogP contribution < -0.4 is 4.74 Å². The molecule has 2 aromatic rings. The quantitative estimate of drug-likeness (QED) is 0.617. The Hall–Kier alpha value is -2.57. The number of hydrogen-bond donors (Lipinski definition) is 1. The van der Waals surface area contributed by atoms with E-state index in [1.165, 1.54) is 19.2 Å². The number of rotatable bonds is 6. The van der Waals surface area contributed by atoms with Gasteiger partial charge in [-0.05, 0) is 48.7 Å². The summed E-state index contributed by atoms with van der Waals surface area (Å²) in [6.07, 6.45) is 0. The van der Waals surface area contributed by atoms with Crippen LogP contribution >= 0.6 is 11.6 Å². The van der Waals surface area contributed by atoms with Crippen LogP contribution in [-0.4, -0.2) is 24.2 Å². The van der Waals surface area contributed by atoms with Crippen LogP contribution in [0.5, 0.6) is 5.75 Å². The van der Waals surface area contributed by atoms with Crippen molar-refractivity contribution < 1.29 is 29.2 Å². The van der Waals surface area contributed by atoms with Gasteiger partial charge in [0.2, 0.25) is 0 Å². The maximum atomic E-state index is 12.2. The number of hydrogen-bond acceptors (Lipinski definition) is 5. The Morgan fingerprint density at radius 2 is 1.84 bits per heavy atom. The molecule has 0 atom stereocenters. The predicted octanol–water partition coefficient (Wildman–Crippen LogP) is 3.95. The van der Waals surface area contributed by atoms with E-state index < -0.39 is 11.9 Å². The van der Waals surface area contributed by atoms with Crippen molar-refractivity contribution in [3.05, 3.63) is 63.2 Å². The molecule has 2 aromatic carbocycles. The lowest BCUT2D eigenvalue weighted by molar-refractivity contribution is -0.250. The molecule has 7 heteroatoms. The lowest BCUT2D eigenvalue weighted by Crippen LogP contribution is -2.11. The molecule has 0 saturated heterocycles. The van der Waals surface area contributed by atoms with Gasteiger partial charge < -0.3 is 9.84 Å². The van der Waals surface area contributed by atoms with Gasteiger partial charge >= 0.3 is 11.9 Å². The number of ether oxygens (including phenoxy) is 1. The number of carbonyl (C=O) groups is 2. The number of carboxylic acid groups (broad SMARTS) is 1. The van der Waals surface area contributed by atoms with Gasteiger partial charge in [-0.2, -0.15) is 4.89 Å². The fourth-order valence-electron chi connectivity index (χ4n) is 2.43. The number of aryl methyl sites for hydroxylation is 2. The summed E-state index contributed by atoms with van der Waals surface area (Å²) >= 11 is 5.96. The number of aromatic carboxylic acids is 1. The minimum Gasteiger partial charge on any atom is -0.496 e. The van der Waals surface area contributed by atoms with Crippen molar-refractivity contribution >= 4 is 23.5 Å². The standard InChI is InChI=1S/C18H17ClO6/c1-10-5-4-6-13(17(20)21)15(10)9-24-25-18(22)14-8-12(19)7-11(2)16(14)23-3/h4-8H,9H2,1-3H3,(H,20,21). The molecule has 0 radical (unpaired) electrons. The van der Waals surface area contributed by atoms with Gasteiger partial charge in [0.05, 0.1) is 12.7 Å². The minimum absolute atomic E-state index is 0.0900. The zero-order valence-corrected chi connectivity index (χ0v) is 14.7. The van der Waals surface area contributed by atoms with E-state index in [9.17, 15) is 14.7 Å². The number of benzene rings is 2. The topological polar surface area (TPSA) is 82.1 Å². The molecule has 25 heavy (non-hydrogen) atoms. The third kappa shape index (κ3) is 4.29. The van der Waals surface area contributed by atoms with Crippen LogP contribution in [0, 0.1) is 13.8 Å². The minimum atomic E-state index is -1.08. The second-order valence-electron chi connectivity index (χ2n) is 5.34. The first-order chi connectivity index (χ1) is 11.8. The molecule has 0 heterocycles. The van der Waals surface area contributed by atoms with Gasteiger partial charge in [-0.15, -0.1) is 0 Å². The lowest BCUT2D eigenvalue weighted by Gasteiger charge is -2.12. The fourth-order valence-corrected chi connectivity index (χ4v) is 2.71. The molecule has 2 rings (SSSR count). The maximum absolute atomic E-state index is 12.2. The van der Waals surface area contributed by atoms with E-state index in [4.69, 9.17) is 26.1 Å². The summed E-state index contributed by atoms with van der Waals surface area (Å²) in [6.45, 7) is 3.30. The molecule has 0 aliphatic heterocycles. The van der Waals surface area contributed by atoms with Gasteiger partial charge in [0.1, 0.15) is 17.9 Å². The highest BCUT2D eigenvalue weighted by Gasteiger charge is 2.19. The average molecular weight is 365 g/mol. The summed E-state index contributed by atoms with van der Waals surface area (Å²) in [5, 5.41) is 9.57. The molecule has 0 aliphatic carbocycles. The Kier molecular flexibility index (Phi) is 6.01. The van der Waals surface area contributed by atoms with Gasteiger partial charge in [0.25, 0.3) is 0 Å². The van der Waals surface area contributed by atoms with Crippen LogP contribution in [0.4, 0.5) is 0 Å². The third-order valence-corrected chi connectivity index (χ3v) is 3.86. The van der Waals surface area contributed by atoms with E-state index in [1.54, 1.807) is 32.0 Å². The summed E-state index contributed by atoms with van der Waals surface area (Å²) < 4.78 is 5.19. The lowest BCUT2D eigenvalue weighted by atomic mass is 10.0. The van der Waals surface area contributed by atoms with E-state index in [1.807, 2.05) is 0 Å². The van der Waals surface area contributed by atoms with E-state index in [0.717, 1.165) is 0 Å². The number of carbonyl (C=O) groups excluding carboxylic acids is 1. The zero-order chi connectivity index (χ0) is 18.6. The summed E-state index contributed by atoms with van der Waals surface area (Å²) in [6, 6.07) is 7.91. The highest BCUT2D eigenvalue weighted by molar-refractivity contribution is 6.31. The smallest absolute Gasteiger partial charge is 0.376 e. The fraction of sp³-hybridized carbons (Fsp3) is 0.222. The maximum Gasteiger partial charge on any atom is 0.376 e.